The van der Waals surface area contributed by atoms with E-state index < -0.39 is 0 Å². The summed E-state index contributed by atoms with van der Waals surface area (Å²) in [4.78, 5) is 26.4. The van der Waals surface area contributed by atoms with Gasteiger partial charge in [0.2, 0.25) is 16.9 Å². The maximum Gasteiger partial charge on any atom is 0.231 e. The number of carbonyl (C=O) groups excluding carboxylic acids is 2. The molecule has 2 aliphatic rings. The van der Waals surface area contributed by atoms with Gasteiger partial charge in [0, 0.05) is 24.4 Å². The van der Waals surface area contributed by atoms with Crippen LogP contribution in [0.3, 0.4) is 0 Å². The van der Waals surface area contributed by atoms with E-state index >= 15 is 0 Å². The molecule has 2 amide bonds. The largest absolute Gasteiger partial charge is 0.337 e. The lowest BCUT2D eigenvalue weighted by Crippen LogP contribution is -2.42. The van der Waals surface area contributed by atoms with Gasteiger partial charge in [-0.15, -0.1) is 10.2 Å². The first kappa shape index (κ1) is 17.3. The van der Waals surface area contributed by atoms with Crippen LogP contribution in [-0.4, -0.2) is 39.0 Å². The van der Waals surface area contributed by atoms with E-state index in [0.29, 0.717) is 17.6 Å². The molecule has 0 bridgehead atoms. The van der Waals surface area contributed by atoms with Gasteiger partial charge in [0.25, 0.3) is 0 Å². The highest BCUT2D eigenvalue weighted by molar-refractivity contribution is 7.15. The molecule has 7 heteroatoms. The summed E-state index contributed by atoms with van der Waals surface area (Å²) in [6.45, 7) is 6.45. The van der Waals surface area contributed by atoms with Crippen molar-refractivity contribution in [2.45, 2.75) is 70.8 Å². The molecule has 6 nitrogen and oxygen atoms in total. The van der Waals surface area contributed by atoms with Crippen LogP contribution < -0.4 is 5.32 Å². The summed E-state index contributed by atoms with van der Waals surface area (Å²) in [7, 11) is 0. The Balaban J connectivity index is 1.59. The molecule has 3 rings (SSSR count). The second kappa shape index (κ2) is 6.78. The highest BCUT2D eigenvalue weighted by Crippen LogP contribution is 2.35. The number of nitrogens with one attached hydrogen (secondary N) is 1. The quantitative estimate of drug-likeness (QED) is 0.908. The maximum absolute atomic E-state index is 12.5. The number of hydrogen-bond acceptors (Lipinski definition) is 5. The number of nitrogens with zero attached hydrogens (tertiary/aromatic N) is 3. The summed E-state index contributed by atoms with van der Waals surface area (Å²) in [6, 6.07) is 0. The van der Waals surface area contributed by atoms with Gasteiger partial charge < -0.3 is 10.2 Å². The molecule has 132 valence electrons. The molecule has 24 heavy (non-hydrogen) atoms. The summed E-state index contributed by atoms with van der Waals surface area (Å²) < 4.78 is 0. The van der Waals surface area contributed by atoms with Crippen molar-refractivity contribution >= 4 is 28.3 Å². The standard InChI is InChI=1S/C17H26N4O2S/c1-17(2,3)21-10-12(9-13(21)22)14(23)18-16-20-19-15(24-16)11-7-5-4-6-8-11/h11-12H,4-10H2,1-3H3,(H,18,20,23). The molecule has 1 atom stereocenters. The molecule has 0 radical (unpaired) electrons. The van der Waals surface area contributed by atoms with E-state index in [2.05, 4.69) is 15.5 Å². The Morgan fingerprint density at radius 2 is 1.92 bits per heavy atom. The Morgan fingerprint density at radius 1 is 1.21 bits per heavy atom. The first-order valence-electron chi connectivity index (χ1n) is 8.79. The van der Waals surface area contributed by atoms with Crippen LogP contribution in [0.5, 0.6) is 0 Å². The lowest BCUT2D eigenvalue weighted by atomic mass is 9.90. The van der Waals surface area contributed by atoms with Crippen LogP contribution in [0.15, 0.2) is 0 Å². The van der Waals surface area contributed by atoms with Gasteiger partial charge in [-0.25, -0.2) is 0 Å². The van der Waals surface area contributed by atoms with E-state index in [9.17, 15) is 9.59 Å². The zero-order valence-corrected chi connectivity index (χ0v) is 15.5. The van der Waals surface area contributed by atoms with Crippen molar-refractivity contribution in [2.24, 2.45) is 5.92 Å². The molecule has 1 aromatic rings. The van der Waals surface area contributed by atoms with Crippen LogP contribution in [0.1, 0.15) is 70.2 Å². The van der Waals surface area contributed by atoms with Gasteiger partial charge in [-0.1, -0.05) is 30.6 Å². The van der Waals surface area contributed by atoms with Gasteiger partial charge in [-0.3, -0.25) is 9.59 Å². The minimum atomic E-state index is -0.307. The zero-order valence-electron chi connectivity index (χ0n) is 14.7. The number of amides is 2. The smallest absolute Gasteiger partial charge is 0.231 e. The molecule has 2 fully saturated rings. The Morgan fingerprint density at radius 3 is 2.54 bits per heavy atom. The normalized spacial score (nSPS) is 22.9. The summed E-state index contributed by atoms with van der Waals surface area (Å²) in [6.07, 6.45) is 6.41. The third kappa shape index (κ3) is 3.77. The van der Waals surface area contributed by atoms with Gasteiger partial charge >= 0.3 is 0 Å². The van der Waals surface area contributed by atoms with E-state index in [0.717, 1.165) is 5.01 Å². The molecule has 1 saturated heterocycles. The lowest BCUT2D eigenvalue weighted by molar-refractivity contribution is -0.131. The molecule has 1 aliphatic carbocycles. The van der Waals surface area contributed by atoms with Gasteiger partial charge in [0.1, 0.15) is 5.01 Å². The van der Waals surface area contributed by atoms with Crippen molar-refractivity contribution < 1.29 is 9.59 Å². The summed E-state index contributed by atoms with van der Waals surface area (Å²) >= 11 is 1.48. The fraction of sp³-hybridized carbons (Fsp3) is 0.765. The molecule has 1 unspecified atom stereocenters. The molecule has 2 heterocycles. The van der Waals surface area contributed by atoms with Crippen molar-refractivity contribution in [3.05, 3.63) is 5.01 Å². The SMILES string of the molecule is CC(C)(C)N1CC(C(=O)Nc2nnc(C3CCCCC3)s2)CC1=O. The van der Waals surface area contributed by atoms with Crippen LogP contribution in [0.4, 0.5) is 5.13 Å². The highest BCUT2D eigenvalue weighted by Gasteiger charge is 2.39. The predicted molar refractivity (Wildman–Crippen MR) is 93.9 cm³/mol. The first-order chi connectivity index (χ1) is 11.3. The second-order valence-corrected chi connectivity index (χ2v) is 8.85. The molecule has 0 aromatic carbocycles. The fourth-order valence-corrected chi connectivity index (χ4v) is 4.45. The molecular weight excluding hydrogens is 324 g/mol. The Kier molecular flexibility index (Phi) is 4.90. The predicted octanol–water partition coefficient (Wildman–Crippen LogP) is 3.17. The minimum Gasteiger partial charge on any atom is -0.337 e. The van der Waals surface area contributed by atoms with Gasteiger partial charge in [0.15, 0.2) is 0 Å². The number of likely N-dealkylation sites (tertiary alicyclic amines) is 1. The highest BCUT2D eigenvalue weighted by atomic mass is 32.1. The molecule has 1 aliphatic heterocycles. The van der Waals surface area contributed by atoms with Crippen LogP contribution in [0, 0.1) is 5.92 Å². The molecule has 0 spiro atoms. The van der Waals surface area contributed by atoms with Crippen molar-refractivity contribution in [2.75, 3.05) is 11.9 Å². The molecule has 1 N–H and O–H groups in total. The zero-order chi connectivity index (χ0) is 17.3. The number of hydrogen-bond donors (Lipinski definition) is 1. The Labute approximate surface area is 147 Å². The van der Waals surface area contributed by atoms with Crippen molar-refractivity contribution in [3.63, 3.8) is 0 Å². The summed E-state index contributed by atoms with van der Waals surface area (Å²) in [5.74, 6) is 0.106. The van der Waals surface area contributed by atoms with Crippen molar-refractivity contribution in [3.8, 4) is 0 Å². The van der Waals surface area contributed by atoms with E-state index in [1.807, 2.05) is 20.8 Å². The average molecular weight is 350 g/mol. The van der Waals surface area contributed by atoms with Gasteiger partial charge in [-0.2, -0.15) is 0 Å². The van der Waals surface area contributed by atoms with Gasteiger partial charge in [-0.05, 0) is 33.6 Å². The minimum absolute atomic E-state index is 0.0443. The van der Waals surface area contributed by atoms with Gasteiger partial charge in [0.05, 0.1) is 5.92 Å². The van der Waals surface area contributed by atoms with Crippen LogP contribution in [0.25, 0.3) is 0 Å². The van der Waals surface area contributed by atoms with Crippen LogP contribution >= 0.6 is 11.3 Å². The average Bonchev–Trinajstić information content (AvgIpc) is 3.14. The van der Waals surface area contributed by atoms with E-state index in [1.165, 1.54) is 43.4 Å². The number of aromatic nitrogens is 2. The summed E-state index contributed by atoms with van der Waals surface area (Å²) in [5, 5.41) is 12.8. The molecule has 1 saturated carbocycles. The number of carbonyl (C=O) groups is 2. The monoisotopic (exact) mass is 350 g/mol. The van der Waals surface area contributed by atoms with Crippen molar-refractivity contribution in [1.29, 1.82) is 0 Å². The third-order valence-corrected chi connectivity index (χ3v) is 5.93. The van der Waals surface area contributed by atoms with Crippen LogP contribution in [-0.2, 0) is 9.59 Å². The summed E-state index contributed by atoms with van der Waals surface area (Å²) in [5.41, 5.74) is -0.247. The van der Waals surface area contributed by atoms with Crippen molar-refractivity contribution in [1.82, 2.24) is 15.1 Å². The molecule has 1 aromatic heterocycles. The van der Waals surface area contributed by atoms with E-state index in [1.54, 1.807) is 4.90 Å². The number of rotatable bonds is 3. The van der Waals surface area contributed by atoms with E-state index in [4.69, 9.17) is 0 Å². The Bertz CT molecular complexity index is 616. The maximum atomic E-state index is 12.5. The van der Waals surface area contributed by atoms with Crippen LogP contribution in [0.2, 0.25) is 0 Å². The molecular formula is C17H26N4O2S. The third-order valence-electron chi connectivity index (χ3n) is 4.93. The van der Waals surface area contributed by atoms with E-state index in [-0.39, 0.29) is 29.7 Å². The first-order valence-corrected chi connectivity index (χ1v) is 9.61. The fourth-order valence-electron chi connectivity index (χ4n) is 3.54. The lowest BCUT2D eigenvalue weighted by Gasteiger charge is -2.31. The number of anilines is 1. The second-order valence-electron chi connectivity index (χ2n) is 7.85. The topological polar surface area (TPSA) is 75.2 Å². The Hall–Kier alpha value is -1.50.